The van der Waals surface area contributed by atoms with E-state index < -0.39 is 28.6 Å². The van der Waals surface area contributed by atoms with E-state index in [2.05, 4.69) is 10.3 Å². The summed E-state index contributed by atoms with van der Waals surface area (Å²) >= 11 is 5.58. The highest BCUT2D eigenvalue weighted by molar-refractivity contribution is 6.31. The predicted molar refractivity (Wildman–Crippen MR) is 105 cm³/mol. The fraction of sp³-hybridized carbons (Fsp3) is 0.300. The lowest BCUT2D eigenvalue weighted by Gasteiger charge is -2.27. The highest BCUT2D eigenvalue weighted by Gasteiger charge is 2.33. The van der Waals surface area contributed by atoms with Crippen LogP contribution in [-0.2, 0) is 12.6 Å². The Kier molecular flexibility index (Phi) is 6.62. The van der Waals surface area contributed by atoms with Crippen molar-refractivity contribution in [3.8, 4) is 0 Å². The van der Waals surface area contributed by atoms with Crippen molar-refractivity contribution in [1.29, 1.82) is 0 Å². The highest BCUT2D eigenvalue weighted by Crippen LogP contribution is 2.36. The summed E-state index contributed by atoms with van der Waals surface area (Å²) in [6.45, 7) is 0.294. The zero-order valence-corrected chi connectivity index (χ0v) is 16.4. The molecule has 2 amide bonds. The molecule has 5 nitrogen and oxygen atoms in total. The first-order valence-electron chi connectivity index (χ1n) is 9.06. The van der Waals surface area contributed by atoms with Crippen LogP contribution in [0.15, 0.2) is 36.5 Å². The number of hydrogen-bond donors (Lipinski definition) is 2. The summed E-state index contributed by atoms with van der Waals surface area (Å²) in [6, 6.07) is 3.87. The first-order chi connectivity index (χ1) is 14.2. The van der Waals surface area contributed by atoms with E-state index in [1.54, 1.807) is 6.08 Å². The maximum absolute atomic E-state index is 14.3. The van der Waals surface area contributed by atoms with Gasteiger partial charge in [-0.1, -0.05) is 17.7 Å². The van der Waals surface area contributed by atoms with Gasteiger partial charge in [-0.25, -0.2) is 9.18 Å². The zero-order chi connectivity index (χ0) is 21.9. The van der Waals surface area contributed by atoms with Gasteiger partial charge in [0.1, 0.15) is 11.5 Å². The standard InChI is InChI=1S/C20H18ClF4N3O2/c21-16-2-1-14(10-15(16)20(23,24)25)27-19(30)28-6-3-13(4-7-28)18-17(22)9-12(5-8-29)11-26-18/h1-3,9-11,29H,4-8H2,(H,27,30). The number of anilines is 1. The monoisotopic (exact) mass is 443 g/mol. The molecular weight excluding hydrogens is 426 g/mol. The summed E-state index contributed by atoms with van der Waals surface area (Å²) < 4.78 is 53.2. The number of halogens is 5. The Hall–Kier alpha value is -2.65. The van der Waals surface area contributed by atoms with E-state index in [1.807, 2.05) is 0 Å². The van der Waals surface area contributed by atoms with E-state index in [1.165, 1.54) is 23.2 Å². The Balaban J connectivity index is 1.68. The fourth-order valence-corrected chi connectivity index (χ4v) is 3.30. The van der Waals surface area contributed by atoms with Crippen LogP contribution >= 0.6 is 11.6 Å². The summed E-state index contributed by atoms with van der Waals surface area (Å²) in [5.41, 5.74) is 0.340. The number of hydrogen-bond acceptors (Lipinski definition) is 3. The molecule has 0 saturated carbocycles. The molecule has 0 atom stereocenters. The fourth-order valence-electron chi connectivity index (χ4n) is 3.07. The molecular formula is C20H18ClF4N3O2. The van der Waals surface area contributed by atoms with Gasteiger partial charge in [0.25, 0.3) is 0 Å². The van der Waals surface area contributed by atoms with Crippen molar-refractivity contribution >= 4 is 28.9 Å². The molecule has 30 heavy (non-hydrogen) atoms. The summed E-state index contributed by atoms with van der Waals surface area (Å²) in [5, 5.41) is 10.9. The average molecular weight is 444 g/mol. The van der Waals surface area contributed by atoms with Crippen molar-refractivity contribution in [2.75, 3.05) is 25.0 Å². The maximum atomic E-state index is 14.3. The van der Waals surface area contributed by atoms with E-state index in [9.17, 15) is 22.4 Å². The Morgan fingerprint density at radius 2 is 2.07 bits per heavy atom. The van der Waals surface area contributed by atoms with Gasteiger partial charge in [-0.3, -0.25) is 4.98 Å². The molecule has 0 bridgehead atoms. The van der Waals surface area contributed by atoms with E-state index in [0.29, 0.717) is 24.0 Å². The molecule has 160 valence electrons. The molecule has 1 aromatic heterocycles. The van der Waals surface area contributed by atoms with Crippen molar-refractivity contribution < 1.29 is 27.5 Å². The number of amides is 2. The van der Waals surface area contributed by atoms with Gasteiger partial charge < -0.3 is 15.3 Å². The van der Waals surface area contributed by atoms with Gasteiger partial charge in [-0.05, 0) is 48.2 Å². The van der Waals surface area contributed by atoms with Crippen LogP contribution in [0, 0.1) is 5.82 Å². The molecule has 0 aliphatic carbocycles. The van der Waals surface area contributed by atoms with Gasteiger partial charge in [0.15, 0.2) is 0 Å². The molecule has 1 aliphatic heterocycles. The Labute approximate surface area is 175 Å². The molecule has 2 aromatic rings. The number of benzene rings is 1. The Bertz CT molecular complexity index is 979. The van der Waals surface area contributed by atoms with E-state index in [-0.39, 0.29) is 31.1 Å². The number of urea groups is 1. The van der Waals surface area contributed by atoms with Crippen LogP contribution < -0.4 is 5.32 Å². The van der Waals surface area contributed by atoms with Crippen LogP contribution in [0.4, 0.5) is 28.0 Å². The molecule has 2 heterocycles. The minimum atomic E-state index is -4.63. The minimum absolute atomic E-state index is 0.0290. The number of aliphatic hydroxyl groups is 1. The number of pyridine rings is 1. The third kappa shape index (κ3) is 5.09. The second kappa shape index (κ2) is 9.01. The number of alkyl halides is 3. The van der Waals surface area contributed by atoms with Crippen molar-refractivity contribution in [1.82, 2.24) is 9.88 Å². The first kappa shape index (κ1) is 22.0. The number of carbonyl (C=O) groups excluding carboxylic acids is 1. The zero-order valence-electron chi connectivity index (χ0n) is 15.6. The van der Waals surface area contributed by atoms with Crippen LogP contribution in [0.25, 0.3) is 5.57 Å². The lowest BCUT2D eigenvalue weighted by Crippen LogP contribution is -2.38. The number of aromatic nitrogens is 1. The van der Waals surface area contributed by atoms with Gasteiger partial charge in [-0.15, -0.1) is 0 Å². The molecule has 0 radical (unpaired) electrons. The quantitative estimate of drug-likeness (QED) is 0.670. The second-order valence-electron chi connectivity index (χ2n) is 6.70. The van der Waals surface area contributed by atoms with Crippen molar-refractivity contribution in [2.45, 2.75) is 19.0 Å². The third-order valence-electron chi connectivity index (χ3n) is 4.62. The number of carbonyl (C=O) groups is 1. The van der Waals surface area contributed by atoms with Crippen LogP contribution in [0.2, 0.25) is 5.02 Å². The van der Waals surface area contributed by atoms with Gasteiger partial charge in [0.05, 0.1) is 10.6 Å². The molecule has 0 saturated heterocycles. The second-order valence-corrected chi connectivity index (χ2v) is 7.10. The average Bonchev–Trinajstić information content (AvgIpc) is 2.69. The molecule has 1 aromatic carbocycles. The molecule has 0 fully saturated rings. The largest absolute Gasteiger partial charge is 0.417 e. The SMILES string of the molecule is O=C(Nc1ccc(Cl)c(C(F)(F)F)c1)N1CC=C(c2ncc(CCO)cc2F)CC1. The lowest BCUT2D eigenvalue weighted by molar-refractivity contribution is -0.137. The summed E-state index contributed by atoms with van der Waals surface area (Å²) in [5.74, 6) is -0.508. The Morgan fingerprint density at radius 3 is 2.67 bits per heavy atom. The van der Waals surface area contributed by atoms with E-state index in [4.69, 9.17) is 16.7 Å². The van der Waals surface area contributed by atoms with Crippen molar-refractivity contribution in [3.05, 3.63) is 64.2 Å². The number of rotatable bonds is 4. The molecule has 3 rings (SSSR count). The molecule has 10 heteroatoms. The smallest absolute Gasteiger partial charge is 0.396 e. The summed E-state index contributed by atoms with van der Waals surface area (Å²) in [4.78, 5) is 17.9. The normalized spacial score (nSPS) is 14.5. The topological polar surface area (TPSA) is 65.5 Å². The summed E-state index contributed by atoms with van der Waals surface area (Å²) in [7, 11) is 0. The van der Waals surface area contributed by atoms with Crippen molar-refractivity contribution in [3.63, 3.8) is 0 Å². The van der Waals surface area contributed by atoms with Gasteiger partial charge in [0, 0.05) is 31.6 Å². The molecule has 0 spiro atoms. The highest BCUT2D eigenvalue weighted by atomic mass is 35.5. The number of nitrogens with zero attached hydrogens (tertiary/aromatic N) is 2. The van der Waals surface area contributed by atoms with Gasteiger partial charge in [0.2, 0.25) is 0 Å². The van der Waals surface area contributed by atoms with Crippen LogP contribution in [0.5, 0.6) is 0 Å². The van der Waals surface area contributed by atoms with Crippen LogP contribution in [-0.4, -0.2) is 40.7 Å². The molecule has 2 N–H and O–H groups in total. The maximum Gasteiger partial charge on any atom is 0.417 e. The Morgan fingerprint density at radius 1 is 1.30 bits per heavy atom. The van der Waals surface area contributed by atoms with E-state index >= 15 is 0 Å². The summed E-state index contributed by atoms with van der Waals surface area (Å²) in [6.07, 6.45) is -0.843. The van der Waals surface area contributed by atoms with E-state index in [0.717, 1.165) is 12.1 Å². The first-order valence-corrected chi connectivity index (χ1v) is 9.44. The lowest BCUT2D eigenvalue weighted by atomic mass is 10.0. The van der Waals surface area contributed by atoms with Gasteiger partial charge in [-0.2, -0.15) is 13.2 Å². The molecule has 0 unspecified atom stereocenters. The number of aliphatic hydroxyl groups excluding tert-OH is 1. The van der Waals surface area contributed by atoms with Crippen molar-refractivity contribution in [2.24, 2.45) is 0 Å². The van der Waals surface area contributed by atoms with Crippen LogP contribution in [0.1, 0.15) is 23.2 Å². The third-order valence-corrected chi connectivity index (χ3v) is 4.95. The predicted octanol–water partition coefficient (Wildman–Crippen LogP) is 4.75. The number of nitrogens with one attached hydrogen (secondary N) is 1. The molecule has 1 aliphatic rings. The van der Waals surface area contributed by atoms with Gasteiger partial charge >= 0.3 is 12.2 Å². The van der Waals surface area contributed by atoms with Crippen LogP contribution in [0.3, 0.4) is 0 Å². The minimum Gasteiger partial charge on any atom is -0.396 e.